The first-order valence-corrected chi connectivity index (χ1v) is 8.72. The van der Waals surface area contributed by atoms with Crippen LogP contribution in [0.15, 0.2) is 6.07 Å². The summed E-state index contributed by atoms with van der Waals surface area (Å²) in [4.78, 5) is 8.56. The van der Waals surface area contributed by atoms with Crippen LogP contribution in [0.5, 0.6) is 0 Å². The first-order valence-electron chi connectivity index (χ1n) is 8.72. The predicted molar refractivity (Wildman–Crippen MR) is 88.5 cm³/mol. The molecule has 2 aliphatic heterocycles. The molecule has 0 saturated carbocycles. The van der Waals surface area contributed by atoms with Crippen molar-refractivity contribution >= 4 is 0 Å². The van der Waals surface area contributed by atoms with Crippen molar-refractivity contribution in [2.45, 2.75) is 52.1 Å². The summed E-state index contributed by atoms with van der Waals surface area (Å²) in [6.07, 6.45) is 5.39. The van der Waals surface area contributed by atoms with Gasteiger partial charge >= 0.3 is 0 Å². The molecule has 0 aromatic carbocycles. The Morgan fingerprint density at radius 1 is 1.27 bits per heavy atom. The van der Waals surface area contributed by atoms with E-state index in [-0.39, 0.29) is 0 Å². The van der Waals surface area contributed by atoms with Gasteiger partial charge in [0.2, 0.25) is 0 Å². The SMILES string of the molecule is Cc1[nH]c(CN2CCC([C@@H](C)N3CCCC3)CC2)cc1C#N. The van der Waals surface area contributed by atoms with Crippen LogP contribution in [0.3, 0.4) is 0 Å². The first-order chi connectivity index (χ1) is 10.7. The molecular formula is C18H28N4. The maximum absolute atomic E-state index is 9.05. The van der Waals surface area contributed by atoms with Gasteiger partial charge in [-0.05, 0) is 77.7 Å². The summed E-state index contributed by atoms with van der Waals surface area (Å²) in [5.41, 5.74) is 2.96. The van der Waals surface area contributed by atoms with Gasteiger partial charge in [0.05, 0.1) is 5.56 Å². The number of nitrogens with zero attached hydrogens (tertiary/aromatic N) is 3. The molecule has 0 bridgehead atoms. The Morgan fingerprint density at radius 2 is 1.95 bits per heavy atom. The Kier molecular flexibility index (Phi) is 4.85. The quantitative estimate of drug-likeness (QED) is 0.930. The Morgan fingerprint density at radius 3 is 2.55 bits per heavy atom. The van der Waals surface area contributed by atoms with Gasteiger partial charge in [-0.1, -0.05) is 0 Å². The largest absolute Gasteiger partial charge is 0.360 e. The summed E-state index contributed by atoms with van der Waals surface area (Å²) in [5.74, 6) is 0.856. The zero-order valence-electron chi connectivity index (χ0n) is 13.9. The Hall–Kier alpha value is -1.31. The maximum atomic E-state index is 9.05. The number of nitrogens with one attached hydrogen (secondary N) is 1. The summed E-state index contributed by atoms with van der Waals surface area (Å²) in [6.45, 7) is 10.3. The number of H-pyrrole nitrogens is 1. The minimum Gasteiger partial charge on any atom is -0.360 e. The highest BCUT2D eigenvalue weighted by Gasteiger charge is 2.29. The number of hydrogen-bond acceptors (Lipinski definition) is 3. The molecule has 1 aromatic rings. The highest BCUT2D eigenvalue weighted by Crippen LogP contribution is 2.27. The van der Waals surface area contributed by atoms with Crippen LogP contribution in [0.1, 0.15) is 49.6 Å². The van der Waals surface area contributed by atoms with Gasteiger partial charge in [-0.2, -0.15) is 5.26 Å². The lowest BCUT2D eigenvalue weighted by Crippen LogP contribution is -2.42. The van der Waals surface area contributed by atoms with Crippen LogP contribution in [-0.4, -0.2) is 47.0 Å². The molecule has 3 rings (SSSR count). The lowest BCUT2D eigenvalue weighted by Gasteiger charge is -2.38. The number of aromatic nitrogens is 1. The fraction of sp³-hybridized carbons (Fsp3) is 0.722. The first kappa shape index (κ1) is 15.6. The van der Waals surface area contributed by atoms with E-state index in [0.29, 0.717) is 0 Å². The van der Waals surface area contributed by atoms with E-state index < -0.39 is 0 Å². The van der Waals surface area contributed by atoms with Crippen LogP contribution in [-0.2, 0) is 6.54 Å². The molecule has 2 fully saturated rings. The molecule has 0 unspecified atom stereocenters. The number of rotatable bonds is 4. The van der Waals surface area contributed by atoms with E-state index in [0.717, 1.165) is 29.8 Å². The van der Waals surface area contributed by atoms with Crippen molar-refractivity contribution in [2.75, 3.05) is 26.2 Å². The van der Waals surface area contributed by atoms with Gasteiger partial charge in [0.1, 0.15) is 6.07 Å². The molecule has 0 aliphatic carbocycles. The minimum atomic E-state index is 0.752. The summed E-state index contributed by atoms with van der Waals surface area (Å²) in [7, 11) is 0. The van der Waals surface area contributed by atoms with E-state index >= 15 is 0 Å². The molecule has 2 saturated heterocycles. The van der Waals surface area contributed by atoms with E-state index in [1.54, 1.807) is 0 Å². The second-order valence-electron chi connectivity index (χ2n) is 7.04. The smallest absolute Gasteiger partial charge is 0.101 e. The third-order valence-corrected chi connectivity index (χ3v) is 5.62. The van der Waals surface area contributed by atoms with Gasteiger partial charge in [0, 0.05) is 24.0 Å². The van der Waals surface area contributed by atoms with Crippen LogP contribution in [0.4, 0.5) is 0 Å². The normalized spacial score (nSPS) is 22.8. The lowest BCUT2D eigenvalue weighted by atomic mass is 9.89. The van der Waals surface area contributed by atoms with Crippen LogP contribution < -0.4 is 0 Å². The van der Waals surface area contributed by atoms with Crippen molar-refractivity contribution in [3.8, 4) is 6.07 Å². The van der Waals surface area contributed by atoms with Gasteiger partial charge < -0.3 is 9.88 Å². The van der Waals surface area contributed by atoms with Gasteiger partial charge in [-0.15, -0.1) is 0 Å². The molecule has 1 atom stereocenters. The van der Waals surface area contributed by atoms with Crippen LogP contribution in [0.2, 0.25) is 0 Å². The van der Waals surface area contributed by atoms with E-state index in [1.165, 1.54) is 57.6 Å². The second kappa shape index (κ2) is 6.85. The predicted octanol–water partition coefficient (Wildman–Crippen LogP) is 2.89. The second-order valence-corrected chi connectivity index (χ2v) is 7.04. The number of aryl methyl sites for hydroxylation is 1. The van der Waals surface area contributed by atoms with Gasteiger partial charge in [0.25, 0.3) is 0 Å². The van der Waals surface area contributed by atoms with E-state index in [2.05, 4.69) is 27.8 Å². The van der Waals surface area contributed by atoms with Crippen molar-refractivity contribution in [3.05, 3.63) is 23.0 Å². The average Bonchev–Trinajstić information content (AvgIpc) is 3.17. The molecule has 2 aliphatic rings. The third-order valence-electron chi connectivity index (χ3n) is 5.62. The summed E-state index contributed by atoms with van der Waals surface area (Å²) >= 11 is 0. The molecule has 4 heteroatoms. The van der Waals surface area contributed by atoms with Gasteiger partial charge in [-0.3, -0.25) is 4.90 Å². The van der Waals surface area contributed by atoms with Gasteiger partial charge in [-0.25, -0.2) is 0 Å². The van der Waals surface area contributed by atoms with Crippen LogP contribution >= 0.6 is 0 Å². The minimum absolute atomic E-state index is 0.752. The summed E-state index contributed by atoms with van der Waals surface area (Å²) in [6, 6.07) is 5.01. The molecule has 4 nitrogen and oxygen atoms in total. The molecule has 3 heterocycles. The number of nitriles is 1. The van der Waals surface area contributed by atoms with Crippen molar-refractivity contribution in [2.24, 2.45) is 5.92 Å². The van der Waals surface area contributed by atoms with Crippen molar-refractivity contribution in [1.82, 2.24) is 14.8 Å². The number of aromatic amines is 1. The number of likely N-dealkylation sites (tertiary alicyclic amines) is 2. The number of hydrogen-bond donors (Lipinski definition) is 1. The highest BCUT2D eigenvalue weighted by atomic mass is 15.2. The maximum Gasteiger partial charge on any atom is 0.101 e. The fourth-order valence-electron chi connectivity index (χ4n) is 4.11. The average molecular weight is 300 g/mol. The molecule has 22 heavy (non-hydrogen) atoms. The zero-order valence-corrected chi connectivity index (χ0v) is 13.9. The molecule has 1 aromatic heterocycles. The van der Waals surface area contributed by atoms with Crippen LogP contribution in [0.25, 0.3) is 0 Å². The third kappa shape index (κ3) is 3.37. The molecule has 0 radical (unpaired) electrons. The van der Waals surface area contributed by atoms with Crippen molar-refractivity contribution in [3.63, 3.8) is 0 Å². The molecule has 0 spiro atoms. The molecule has 1 N–H and O–H groups in total. The summed E-state index contributed by atoms with van der Waals surface area (Å²) < 4.78 is 0. The zero-order chi connectivity index (χ0) is 15.5. The van der Waals surface area contributed by atoms with Crippen LogP contribution in [0, 0.1) is 24.2 Å². The fourth-order valence-corrected chi connectivity index (χ4v) is 4.11. The van der Waals surface area contributed by atoms with Crippen molar-refractivity contribution < 1.29 is 0 Å². The standard InChI is InChI=1S/C18H28N4/c1-14-17(12-19)11-18(20-14)13-21-9-5-16(6-10-21)15(2)22-7-3-4-8-22/h11,15-16,20H,3-10,13H2,1-2H3/t15-/m1/s1. The topological polar surface area (TPSA) is 46.1 Å². The molecule has 120 valence electrons. The molecular weight excluding hydrogens is 272 g/mol. The highest BCUT2D eigenvalue weighted by molar-refractivity contribution is 5.35. The Labute approximate surface area is 134 Å². The Balaban J connectivity index is 1.50. The van der Waals surface area contributed by atoms with Crippen molar-refractivity contribution in [1.29, 1.82) is 5.26 Å². The lowest BCUT2D eigenvalue weighted by molar-refractivity contribution is 0.107. The molecule has 0 amide bonds. The monoisotopic (exact) mass is 300 g/mol. The van der Waals surface area contributed by atoms with E-state index in [9.17, 15) is 0 Å². The van der Waals surface area contributed by atoms with Gasteiger partial charge in [0.15, 0.2) is 0 Å². The van der Waals surface area contributed by atoms with E-state index in [1.807, 2.05) is 13.0 Å². The Bertz CT molecular complexity index is 528. The number of piperidine rings is 1. The summed E-state index contributed by atoms with van der Waals surface area (Å²) in [5, 5.41) is 9.05. The van der Waals surface area contributed by atoms with E-state index in [4.69, 9.17) is 5.26 Å².